The number of amides is 1. The van der Waals surface area contributed by atoms with Gasteiger partial charge in [0.2, 0.25) is 22.7 Å². The summed E-state index contributed by atoms with van der Waals surface area (Å²) in [6.45, 7) is -0.295. The van der Waals surface area contributed by atoms with Gasteiger partial charge in [0.15, 0.2) is 11.5 Å². The van der Waals surface area contributed by atoms with Gasteiger partial charge in [-0.1, -0.05) is 41.9 Å². The number of nitrogens with one attached hydrogen (secondary N) is 1. The molecule has 0 spiro atoms. The molecule has 0 saturated carbocycles. The summed E-state index contributed by atoms with van der Waals surface area (Å²) in [4.78, 5) is 12.8. The molecule has 8 nitrogen and oxygen atoms in total. The number of hydrogen-bond acceptors (Lipinski definition) is 6. The predicted molar refractivity (Wildman–Crippen MR) is 123 cm³/mol. The quantitative estimate of drug-likeness (QED) is 0.516. The van der Waals surface area contributed by atoms with Gasteiger partial charge in [0, 0.05) is 18.3 Å². The van der Waals surface area contributed by atoms with Crippen molar-refractivity contribution in [2.24, 2.45) is 0 Å². The van der Waals surface area contributed by atoms with Gasteiger partial charge in [0.25, 0.3) is 0 Å². The average molecular weight is 489 g/mol. The molecule has 3 aromatic carbocycles. The maximum Gasteiger partial charge on any atom is 0.243 e. The zero-order valence-corrected chi connectivity index (χ0v) is 19.2. The standard InChI is InChI=1S/C23H21ClN2O6S/c1-30-20-10-8-18(12-19(20)24)33(28,29)26(13-16-5-3-2-4-6-16)14-23(27)25-17-7-9-21-22(11-17)32-15-31-21/h2-12H,13-15H2,1H3,(H,25,27). The maximum absolute atomic E-state index is 13.4. The number of halogens is 1. The lowest BCUT2D eigenvalue weighted by Gasteiger charge is -2.22. The number of benzene rings is 3. The van der Waals surface area contributed by atoms with Crippen LogP contribution >= 0.6 is 11.6 Å². The van der Waals surface area contributed by atoms with Crippen molar-refractivity contribution in [3.63, 3.8) is 0 Å². The number of fused-ring (bicyclic) bond motifs is 1. The zero-order chi connectivity index (χ0) is 23.4. The Morgan fingerprint density at radius 2 is 1.82 bits per heavy atom. The van der Waals surface area contributed by atoms with Crippen LogP contribution in [-0.4, -0.2) is 39.1 Å². The van der Waals surface area contributed by atoms with Crippen LogP contribution in [0.1, 0.15) is 5.56 Å². The van der Waals surface area contributed by atoms with E-state index < -0.39 is 22.5 Å². The van der Waals surface area contributed by atoms with Crippen molar-refractivity contribution in [2.75, 3.05) is 25.8 Å². The molecule has 1 aliphatic rings. The minimum absolute atomic E-state index is 0.00137. The Morgan fingerprint density at radius 1 is 1.06 bits per heavy atom. The molecular weight excluding hydrogens is 468 g/mol. The van der Waals surface area contributed by atoms with Gasteiger partial charge in [-0.2, -0.15) is 4.31 Å². The van der Waals surface area contributed by atoms with Crippen LogP contribution in [0.3, 0.4) is 0 Å². The van der Waals surface area contributed by atoms with E-state index >= 15 is 0 Å². The summed E-state index contributed by atoms with van der Waals surface area (Å²) in [7, 11) is -2.61. The number of carbonyl (C=O) groups excluding carboxylic acids is 1. The van der Waals surface area contributed by atoms with Gasteiger partial charge >= 0.3 is 0 Å². The number of methoxy groups -OCH3 is 1. The van der Waals surface area contributed by atoms with Gasteiger partial charge in [-0.05, 0) is 35.9 Å². The fraction of sp³-hybridized carbons (Fsp3) is 0.174. The van der Waals surface area contributed by atoms with Gasteiger partial charge in [-0.15, -0.1) is 0 Å². The summed E-state index contributed by atoms with van der Waals surface area (Å²) in [6.07, 6.45) is 0. The lowest BCUT2D eigenvalue weighted by Crippen LogP contribution is -2.37. The summed E-state index contributed by atoms with van der Waals surface area (Å²) in [5.74, 6) is 0.936. The molecule has 0 aromatic heterocycles. The van der Waals surface area contributed by atoms with Crippen molar-refractivity contribution < 1.29 is 27.4 Å². The minimum Gasteiger partial charge on any atom is -0.495 e. The fourth-order valence-corrected chi connectivity index (χ4v) is 5.04. The molecule has 0 aliphatic carbocycles. The highest BCUT2D eigenvalue weighted by Gasteiger charge is 2.28. The van der Waals surface area contributed by atoms with Gasteiger partial charge < -0.3 is 19.5 Å². The number of hydrogen-bond donors (Lipinski definition) is 1. The Labute approximate surface area is 196 Å². The number of nitrogens with zero attached hydrogens (tertiary/aromatic N) is 1. The molecule has 0 saturated heterocycles. The number of rotatable bonds is 8. The Bertz CT molecular complexity index is 1270. The van der Waals surface area contributed by atoms with Gasteiger partial charge in [-0.3, -0.25) is 4.79 Å². The Morgan fingerprint density at radius 3 is 2.55 bits per heavy atom. The summed E-state index contributed by atoms with van der Waals surface area (Å²) < 4.78 is 43.7. The third kappa shape index (κ3) is 5.22. The van der Waals surface area contributed by atoms with Crippen LogP contribution in [0, 0.1) is 0 Å². The second kappa shape index (κ2) is 9.70. The van der Waals surface area contributed by atoms with E-state index in [1.807, 2.05) is 6.07 Å². The minimum atomic E-state index is -4.06. The highest BCUT2D eigenvalue weighted by molar-refractivity contribution is 7.89. The maximum atomic E-state index is 13.4. The molecule has 33 heavy (non-hydrogen) atoms. The van der Waals surface area contributed by atoms with Crippen molar-refractivity contribution >= 4 is 33.2 Å². The third-order valence-corrected chi connectivity index (χ3v) is 7.02. The highest BCUT2D eigenvalue weighted by atomic mass is 35.5. The summed E-state index contributed by atoms with van der Waals surface area (Å²) in [5, 5.41) is 2.87. The molecule has 0 bridgehead atoms. The predicted octanol–water partition coefficient (Wildman–Crippen LogP) is 3.91. The van der Waals surface area contributed by atoms with Crippen molar-refractivity contribution in [2.45, 2.75) is 11.4 Å². The van der Waals surface area contributed by atoms with E-state index in [1.165, 1.54) is 25.3 Å². The van der Waals surface area contributed by atoms with Crippen molar-refractivity contribution in [3.8, 4) is 17.2 Å². The Balaban J connectivity index is 1.59. The van der Waals surface area contributed by atoms with E-state index in [9.17, 15) is 13.2 Å². The molecule has 0 fully saturated rings. The van der Waals surface area contributed by atoms with Crippen LogP contribution in [0.25, 0.3) is 0 Å². The summed E-state index contributed by atoms with van der Waals surface area (Å²) in [5.41, 5.74) is 1.20. The summed E-state index contributed by atoms with van der Waals surface area (Å²) >= 11 is 6.15. The lowest BCUT2D eigenvalue weighted by molar-refractivity contribution is -0.116. The van der Waals surface area contributed by atoms with Crippen LogP contribution in [0.4, 0.5) is 5.69 Å². The molecule has 1 heterocycles. The second-order valence-electron chi connectivity index (χ2n) is 7.17. The third-order valence-electron chi connectivity index (χ3n) is 4.94. The van der Waals surface area contributed by atoms with E-state index in [0.29, 0.717) is 22.9 Å². The van der Waals surface area contributed by atoms with Crippen LogP contribution in [-0.2, 0) is 21.4 Å². The zero-order valence-electron chi connectivity index (χ0n) is 17.7. The SMILES string of the molecule is COc1ccc(S(=O)(=O)N(CC(=O)Nc2ccc3c(c2)OCO3)Cc2ccccc2)cc1Cl. The molecule has 1 N–H and O–H groups in total. The van der Waals surface area contributed by atoms with E-state index in [-0.39, 0.29) is 23.3 Å². The van der Waals surface area contributed by atoms with Gasteiger partial charge in [-0.25, -0.2) is 8.42 Å². The van der Waals surface area contributed by atoms with Crippen molar-refractivity contribution in [3.05, 3.63) is 77.3 Å². The average Bonchev–Trinajstić information content (AvgIpc) is 3.27. The van der Waals surface area contributed by atoms with E-state index in [0.717, 1.165) is 9.87 Å². The smallest absolute Gasteiger partial charge is 0.243 e. The number of sulfonamides is 1. The van der Waals surface area contributed by atoms with Crippen LogP contribution in [0.2, 0.25) is 5.02 Å². The topological polar surface area (TPSA) is 94.2 Å². The van der Waals surface area contributed by atoms with Crippen LogP contribution in [0.15, 0.2) is 71.6 Å². The first-order valence-corrected chi connectivity index (χ1v) is 11.8. The monoisotopic (exact) mass is 488 g/mol. The number of carbonyl (C=O) groups is 1. The number of anilines is 1. The number of ether oxygens (including phenoxy) is 3. The fourth-order valence-electron chi connectivity index (χ4n) is 3.30. The molecule has 3 aromatic rings. The van der Waals surface area contributed by atoms with E-state index in [2.05, 4.69) is 5.32 Å². The molecule has 1 amide bonds. The van der Waals surface area contributed by atoms with E-state index in [1.54, 1.807) is 42.5 Å². The van der Waals surface area contributed by atoms with Gasteiger partial charge in [0.1, 0.15) is 5.75 Å². The lowest BCUT2D eigenvalue weighted by atomic mass is 10.2. The largest absolute Gasteiger partial charge is 0.495 e. The summed E-state index contributed by atoms with van der Waals surface area (Å²) in [6, 6.07) is 18.2. The van der Waals surface area contributed by atoms with Crippen LogP contribution in [0.5, 0.6) is 17.2 Å². The molecule has 10 heteroatoms. The Kier molecular flexibility index (Phi) is 6.73. The normalized spacial score (nSPS) is 12.6. The van der Waals surface area contributed by atoms with E-state index in [4.69, 9.17) is 25.8 Å². The van der Waals surface area contributed by atoms with Crippen molar-refractivity contribution in [1.82, 2.24) is 4.31 Å². The first-order valence-electron chi connectivity index (χ1n) is 9.94. The molecule has 0 atom stereocenters. The van der Waals surface area contributed by atoms with Crippen LogP contribution < -0.4 is 19.5 Å². The highest BCUT2D eigenvalue weighted by Crippen LogP contribution is 2.34. The Hall–Kier alpha value is -3.27. The van der Waals surface area contributed by atoms with Crippen molar-refractivity contribution in [1.29, 1.82) is 0 Å². The van der Waals surface area contributed by atoms with Gasteiger partial charge in [0.05, 0.1) is 23.6 Å². The first kappa shape index (κ1) is 22.9. The molecule has 0 radical (unpaired) electrons. The molecule has 172 valence electrons. The first-order chi connectivity index (χ1) is 15.9. The second-order valence-corrected chi connectivity index (χ2v) is 9.52. The molecule has 0 unspecified atom stereocenters. The molecular formula is C23H21ClN2O6S. The molecule has 1 aliphatic heterocycles. The molecule has 4 rings (SSSR count).